The van der Waals surface area contributed by atoms with Gasteiger partial charge >= 0.3 is 6.09 Å². The number of nitrogens with zero attached hydrogens (tertiary/aromatic N) is 5. The average molecular weight is 382 g/mol. The summed E-state index contributed by atoms with van der Waals surface area (Å²) in [6.45, 7) is 3.32. The van der Waals surface area contributed by atoms with Crippen LogP contribution in [-0.4, -0.2) is 52.4 Å². The third kappa shape index (κ3) is 3.86. The van der Waals surface area contributed by atoms with Gasteiger partial charge in [-0.15, -0.1) is 4.91 Å². The third-order valence-electron chi connectivity index (χ3n) is 4.16. The number of carbonyl (C=O) groups is 1. The summed E-state index contributed by atoms with van der Waals surface area (Å²) >= 11 is 0. The molecule has 0 bridgehead atoms. The quantitative estimate of drug-likeness (QED) is 0.759. The first-order valence-electron chi connectivity index (χ1n) is 10.9. The number of hydrogen-bond donors (Lipinski definition) is 0. The van der Waals surface area contributed by atoms with Crippen LogP contribution in [0.2, 0.25) is 0 Å². The maximum absolute atomic E-state index is 14.8. The van der Waals surface area contributed by atoms with E-state index in [9.17, 15) is 14.1 Å². The molecule has 1 amide bonds. The summed E-state index contributed by atoms with van der Waals surface area (Å²) in [4.78, 5) is 26.9. The Morgan fingerprint density at radius 2 is 2.11 bits per heavy atom. The molecular formula is C18H24FN5O3. The van der Waals surface area contributed by atoms with Crippen molar-refractivity contribution in [2.45, 2.75) is 39.6 Å². The summed E-state index contributed by atoms with van der Waals surface area (Å²) < 4.78 is 59.1. The van der Waals surface area contributed by atoms with Gasteiger partial charge in [0.1, 0.15) is 5.60 Å². The fourth-order valence-electron chi connectivity index (χ4n) is 2.92. The fourth-order valence-corrected chi connectivity index (χ4v) is 2.92. The molecule has 3 rings (SSSR count). The Kier molecular flexibility index (Phi) is 3.55. The molecule has 0 spiro atoms. The van der Waals surface area contributed by atoms with Gasteiger partial charge in [-0.05, 0) is 38.4 Å². The van der Waals surface area contributed by atoms with Crippen molar-refractivity contribution >= 4 is 23.0 Å². The number of halogens is 1. The molecule has 0 atom stereocenters. The van der Waals surface area contributed by atoms with Crippen LogP contribution in [0.15, 0.2) is 17.4 Å². The first-order chi connectivity index (χ1) is 14.7. The van der Waals surface area contributed by atoms with Crippen molar-refractivity contribution in [2.24, 2.45) is 5.18 Å². The van der Waals surface area contributed by atoms with E-state index in [0.717, 1.165) is 10.7 Å². The second kappa shape index (κ2) is 7.13. The zero-order valence-electron chi connectivity index (χ0n) is 20.3. The van der Waals surface area contributed by atoms with Crippen molar-refractivity contribution in [3.8, 4) is 0 Å². The lowest BCUT2D eigenvalue weighted by atomic mass is 10.2. The summed E-state index contributed by atoms with van der Waals surface area (Å²) in [6, 6.07) is 1.28. The number of hydrogen-bond acceptors (Lipinski definition) is 6. The Bertz CT molecular complexity index is 1040. The van der Waals surface area contributed by atoms with Gasteiger partial charge in [0, 0.05) is 33.0 Å². The van der Waals surface area contributed by atoms with Gasteiger partial charge in [0.15, 0.2) is 11.5 Å². The van der Waals surface area contributed by atoms with E-state index in [4.69, 9.17) is 11.6 Å². The first-order valence-corrected chi connectivity index (χ1v) is 8.44. The van der Waals surface area contributed by atoms with E-state index in [0.29, 0.717) is 0 Å². The highest BCUT2D eigenvalue weighted by Crippen LogP contribution is 2.31. The number of carbonyl (C=O) groups excluding carboxylic acids is 1. The van der Waals surface area contributed by atoms with E-state index in [1.807, 2.05) is 0 Å². The number of anilines is 1. The summed E-state index contributed by atoms with van der Waals surface area (Å²) in [5.74, 6) is -0.704. The fraction of sp³-hybridized carbons (Fsp3) is 0.556. The molecule has 0 aromatic carbocycles. The minimum Gasteiger partial charge on any atom is -0.444 e. The van der Waals surface area contributed by atoms with E-state index in [1.165, 1.54) is 11.0 Å². The van der Waals surface area contributed by atoms with Gasteiger partial charge in [-0.2, -0.15) is 5.10 Å². The molecule has 1 aliphatic rings. The van der Waals surface area contributed by atoms with Crippen molar-refractivity contribution in [2.75, 3.05) is 31.1 Å². The van der Waals surface area contributed by atoms with Crippen molar-refractivity contribution in [1.29, 1.82) is 0 Å². The molecule has 9 heteroatoms. The molecule has 8 nitrogen and oxygen atoms in total. The molecule has 1 aliphatic heterocycles. The molecule has 27 heavy (non-hydrogen) atoms. The van der Waals surface area contributed by atoms with Crippen LogP contribution in [0.1, 0.15) is 40.2 Å². The molecule has 2 aromatic heterocycles. The number of rotatable bonds is 3. The van der Waals surface area contributed by atoms with E-state index in [1.54, 1.807) is 25.7 Å². The second-order valence-electron chi connectivity index (χ2n) is 7.20. The maximum Gasteiger partial charge on any atom is 0.410 e. The first kappa shape index (κ1) is 13.5. The van der Waals surface area contributed by atoms with Gasteiger partial charge in [-0.25, -0.2) is 13.7 Å². The number of ether oxygens (including phenoxy) is 1. The van der Waals surface area contributed by atoms with Crippen LogP contribution in [0.4, 0.5) is 20.6 Å². The molecule has 0 radical (unpaired) electrons. The second-order valence-corrected chi connectivity index (χ2v) is 7.20. The Morgan fingerprint density at radius 3 is 2.70 bits per heavy atom. The number of aromatic nitrogens is 2. The maximum atomic E-state index is 14.8. The Hall–Kier alpha value is -2.71. The van der Waals surface area contributed by atoms with Gasteiger partial charge in [0.2, 0.25) is 0 Å². The van der Waals surface area contributed by atoms with E-state index < -0.39 is 42.1 Å². The minimum absolute atomic E-state index is 0.0194. The van der Waals surface area contributed by atoms with Crippen LogP contribution >= 0.6 is 0 Å². The Morgan fingerprint density at radius 1 is 1.41 bits per heavy atom. The smallest absolute Gasteiger partial charge is 0.410 e. The SMILES string of the molecule is [2H]C([2H])([2H])C([2H])([2H])c1nn2cc(F)c(N3CCN(C(=O)OC(C)(C)C)CC3)cc2c1N=O. The third-order valence-corrected chi connectivity index (χ3v) is 4.16. The standard InChI is InChI=1S/C18H24FN5O3/c1-5-13-16(21-26)15-10-14(12(19)11-24(15)20-13)22-6-8-23(9-7-22)17(25)27-18(2,3)4/h10-11H,5-9H2,1-4H3/i1D3,5D2. The molecule has 0 aliphatic carbocycles. The van der Waals surface area contributed by atoms with Crippen molar-refractivity contribution in [3.63, 3.8) is 0 Å². The number of piperazine rings is 1. The topological polar surface area (TPSA) is 79.5 Å². The highest BCUT2D eigenvalue weighted by atomic mass is 19.1. The molecule has 0 saturated carbocycles. The Balaban J connectivity index is 1.91. The van der Waals surface area contributed by atoms with Crippen molar-refractivity contribution in [1.82, 2.24) is 14.5 Å². The van der Waals surface area contributed by atoms with Gasteiger partial charge < -0.3 is 14.5 Å². The highest BCUT2D eigenvalue weighted by molar-refractivity contribution is 5.75. The van der Waals surface area contributed by atoms with Crippen molar-refractivity contribution in [3.05, 3.63) is 28.7 Å². The lowest BCUT2D eigenvalue weighted by Crippen LogP contribution is -2.50. The van der Waals surface area contributed by atoms with Crippen LogP contribution in [0.25, 0.3) is 5.52 Å². The summed E-state index contributed by atoms with van der Waals surface area (Å²) in [5, 5.41) is 6.59. The predicted octanol–water partition coefficient (Wildman–Crippen LogP) is 3.49. The van der Waals surface area contributed by atoms with Crippen LogP contribution in [-0.2, 0) is 11.1 Å². The zero-order chi connectivity index (χ0) is 24.1. The van der Waals surface area contributed by atoms with Gasteiger partial charge in [0.05, 0.1) is 23.1 Å². The molecule has 146 valence electrons. The predicted molar refractivity (Wildman–Crippen MR) is 100 cm³/mol. The van der Waals surface area contributed by atoms with E-state index >= 15 is 0 Å². The molecule has 3 heterocycles. The lowest BCUT2D eigenvalue weighted by molar-refractivity contribution is 0.0240. The van der Waals surface area contributed by atoms with Gasteiger partial charge in [-0.1, -0.05) is 6.85 Å². The molecular weight excluding hydrogens is 353 g/mol. The number of amides is 1. The van der Waals surface area contributed by atoms with E-state index in [2.05, 4.69) is 10.3 Å². The lowest BCUT2D eigenvalue weighted by Gasteiger charge is -2.36. The molecule has 0 unspecified atom stereocenters. The van der Waals surface area contributed by atoms with Gasteiger partial charge in [-0.3, -0.25) is 0 Å². The van der Waals surface area contributed by atoms with E-state index in [-0.39, 0.29) is 37.4 Å². The Labute approximate surface area is 163 Å². The highest BCUT2D eigenvalue weighted by Gasteiger charge is 2.27. The number of nitroso groups, excluding NO2 is 1. The van der Waals surface area contributed by atoms with Crippen LogP contribution in [0.5, 0.6) is 0 Å². The van der Waals surface area contributed by atoms with Crippen LogP contribution in [0, 0.1) is 10.7 Å². The summed E-state index contributed by atoms with van der Waals surface area (Å²) in [6.07, 6.45) is -2.48. The molecule has 2 aromatic rings. The van der Waals surface area contributed by atoms with Gasteiger partial charge in [0.25, 0.3) is 0 Å². The molecule has 0 N–H and O–H groups in total. The average Bonchev–Trinajstić information content (AvgIpc) is 3.03. The van der Waals surface area contributed by atoms with Crippen molar-refractivity contribution < 1.29 is 20.8 Å². The molecule has 1 saturated heterocycles. The number of fused-ring (bicyclic) bond motifs is 1. The molecule has 1 fully saturated rings. The van der Waals surface area contributed by atoms with Crippen LogP contribution < -0.4 is 4.90 Å². The minimum atomic E-state index is -3.11. The number of pyridine rings is 1. The largest absolute Gasteiger partial charge is 0.444 e. The summed E-state index contributed by atoms with van der Waals surface area (Å²) in [5.41, 5.74) is -1.73. The monoisotopic (exact) mass is 382 g/mol. The summed E-state index contributed by atoms with van der Waals surface area (Å²) in [7, 11) is 0. The normalized spacial score (nSPS) is 19.0. The zero-order valence-corrected chi connectivity index (χ0v) is 15.3. The number of aryl methyl sites for hydroxylation is 1. The van der Waals surface area contributed by atoms with Crippen LogP contribution in [0.3, 0.4) is 0 Å².